The zero-order chi connectivity index (χ0) is 21.3. The third-order valence-corrected chi connectivity index (χ3v) is 5.55. The number of fused-ring (bicyclic) bond motifs is 1. The van der Waals surface area contributed by atoms with Gasteiger partial charge >= 0.3 is 5.97 Å². The predicted octanol–water partition coefficient (Wildman–Crippen LogP) is 4.83. The molecule has 0 amide bonds. The lowest BCUT2D eigenvalue weighted by Crippen LogP contribution is -2.08. The van der Waals surface area contributed by atoms with Crippen LogP contribution in [0, 0.1) is 6.92 Å². The average Bonchev–Trinajstić information content (AvgIpc) is 3.41. The number of carbonyl (C=O) groups is 2. The lowest BCUT2D eigenvalue weighted by atomic mass is 10.1. The third-order valence-electron chi connectivity index (χ3n) is 4.66. The van der Waals surface area contributed by atoms with Crippen LogP contribution in [0.15, 0.2) is 46.3 Å². The minimum absolute atomic E-state index is 0.0500. The minimum Gasteiger partial charge on any atom is -0.496 e. The van der Waals surface area contributed by atoms with Crippen molar-refractivity contribution in [1.82, 2.24) is 10.1 Å². The molecule has 3 heterocycles. The number of aromatic nitrogens is 2. The van der Waals surface area contributed by atoms with Crippen molar-refractivity contribution in [3.8, 4) is 16.3 Å². The number of benzene rings is 1. The highest BCUT2D eigenvalue weighted by Gasteiger charge is 2.21. The molecule has 0 bridgehead atoms. The molecule has 0 aliphatic heterocycles. The van der Waals surface area contributed by atoms with Crippen LogP contribution in [-0.4, -0.2) is 29.0 Å². The number of rotatable bonds is 6. The topological polar surface area (TPSA) is 91.5 Å². The van der Waals surface area contributed by atoms with Gasteiger partial charge in [-0.25, -0.2) is 9.78 Å². The molecule has 0 saturated heterocycles. The standard InChI is InChI=1S/C22H18N2O5S/c1-12-20-16(10-17(19-5-4-8-30-19)23-21(20)29-24-12)22(26)28-11-15-9-14(13(2)25)6-7-18(15)27-3/h4-10H,11H2,1-3H3. The Balaban J connectivity index is 1.68. The number of aryl methyl sites for hydroxylation is 1. The van der Waals surface area contributed by atoms with E-state index in [1.54, 1.807) is 31.2 Å². The van der Waals surface area contributed by atoms with Crippen molar-refractivity contribution in [1.29, 1.82) is 0 Å². The van der Waals surface area contributed by atoms with Crippen LogP contribution >= 0.6 is 11.3 Å². The average molecular weight is 422 g/mol. The minimum atomic E-state index is -0.540. The molecule has 4 aromatic rings. The van der Waals surface area contributed by atoms with Gasteiger partial charge in [0.2, 0.25) is 0 Å². The fraction of sp³-hybridized carbons (Fsp3) is 0.182. The Morgan fingerprint density at radius 3 is 2.73 bits per heavy atom. The Kier molecular flexibility index (Phi) is 5.33. The molecule has 0 radical (unpaired) electrons. The molecule has 0 aliphatic rings. The number of nitrogens with zero attached hydrogens (tertiary/aromatic N) is 2. The van der Waals surface area contributed by atoms with E-state index in [0.29, 0.717) is 39.2 Å². The Morgan fingerprint density at radius 2 is 2.03 bits per heavy atom. The normalized spacial score (nSPS) is 10.9. The number of hydrogen-bond donors (Lipinski definition) is 0. The predicted molar refractivity (Wildman–Crippen MR) is 112 cm³/mol. The van der Waals surface area contributed by atoms with E-state index in [0.717, 1.165) is 4.88 Å². The molecule has 0 atom stereocenters. The van der Waals surface area contributed by atoms with Crippen molar-refractivity contribution in [3.05, 3.63) is 64.2 Å². The Hall–Kier alpha value is -3.52. The van der Waals surface area contributed by atoms with Crippen molar-refractivity contribution in [2.24, 2.45) is 0 Å². The van der Waals surface area contributed by atoms with Gasteiger partial charge in [0.1, 0.15) is 12.4 Å². The number of ether oxygens (including phenoxy) is 2. The molecule has 1 aromatic carbocycles. The summed E-state index contributed by atoms with van der Waals surface area (Å²) in [6.07, 6.45) is 0. The molecule has 3 aromatic heterocycles. The van der Waals surface area contributed by atoms with Crippen LogP contribution in [0.4, 0.5) is 0 Å². The van der Waals surface area contributed by atoms with Crippen LogP contribution in [0.3, 0.4) is 0 Å². The molecule has 0 unspecified atom stereocenters. The molecule has 0 spiro atoms. The monoisotopic (exact) mass is 422 g/mol. The van der Waals surface area contributed by atoms with Crippen LogP contribution in [0.1, 0.15) is 38.9 Å². The summed E-state index contributed by atoms with van der Waals surface area (Å²) in [5.74, 6) is -0.0864. The second-order valence-electron chi connectivity index (χ2n) is 6.64. The number of hydrogen-bond acceptors (Lipinski definition) is 8. The Bertz CT molecular complexity index is 1240. The summed E-state index contributed by atoms with van der Waals surface area (Å²) in [6.45, 7) is 3.17. The Morgan fingerprint density at radius 1 is 1.20 bits per heavy atom. The highest BCUT2D eigenvalue weighted by Crippen LogP contribution is 2.30. The zero-order valence-electron chi connectivity index (χ0n) is 16.6. The van der Waals surface area contributed by atoms with Gasteiger partial charge in [-0.2, -0.15) is 0 Å². The van der Waals surface area contributed by atoms with E-state index in [1.807, 2.05) is 17.5 Å². The molecular weight excluding hydrogens is 404 g/mol. The van der Waals surface area contributed by atoms with Gasteiger partial charge in [-0.05, 0) is 49.6 Å². The van der Waals surface area contributed by atoms with E-state index in [9.17, 15) is 9.59 Å². The summed E-state index contributed by atoms with van der Waals surface area (Å²) < 4.78 is 16.2. The van der Waals surface area contributed by atoms with Crippen LogP contribution in [0.2, 0.25) is 0 Å². The first kappa shape index (κ1) is 19.8. The number of pyridine rings is 1. The largest absolute Gasteiger partial charge is 0.496 e. The summed E-state index contributed by atoms with van der Waals surface area (Å²) >= 11 is 1.51. The van der Waals surface area contributed by atoms with Gasteiger partial charge in [-0.1, -0.05) is 11.2 Å². The highest BCUT2D eigenvalue weighted by atomic mass is 32.1. The fourth-order valence-electron chi connectivity index (χ4n) is 3.14. The summed E-state index contributed by atoms with van der Waals surface area (Å²) in [4.78, 5) is 30.1. The van der Waals surface area contributed by atoms with Crippen LogP contribution < -0.4 is 4.74 Å². The van der Waals surface area contributed by atoms with Crippen molar-refractivity contribution in [2.45, 2.75) is 20.5 Å². The number of methoxy groups -OCH3 is 1. The van der Waals surface area contributed by atoms with Crippen molar-refractivity contribution >= 4 is 34.2 Å². The second kappa shape index (κ2) is 8.08. The van der Waals surface area contributed by atoms with E-state index in [1.165, 1.54) is 25.4 Å². The second-order valence-corrected chi connectivity index (χ2v) is 7.59. The van der Waals surface area contributed by atoms with E-state index in [2.05, 4.69) is 10.1 Å². The summed E-state index contributed by atoms with van der Waals surface area (Å²) in [5, 5.41) is 6.39. The number of Topliss-reactive ketones (excluding diaryl/α,β-unsaturated/α-hetero) is 1. The smallest absolute Gasteiger partial charge is 0.339 e. The number of carbonyl (C=O) groups excluding carboxylic acids is 2. The molecular formula is C22H18N2O5S. The first-order valence-corrected chi connectivity index (χ1v) is 10.0. The SMILES string of the molecule is COc1ccc(C(C)=O)cc1COC(=O)c1cc(-c2cccs2)nc2onc(C)c12. The molecule has 152 valence electrons. The van der Waals surface area contributed by atoms with Crippen molar-refractivity contribution in [3.63, 3.8) is 0 Å². The lowest BCUT2D eigenvalue weighted by molar-refractivity contribution is 0.0472. The van der Waals surface area contributed by atoms with Crippen molar-refractivity contribution < 1.29 is 23.6 Å². The maximum absolute atomic E-state index is 13.0. The van der Waals surface area contributed by atoms with Gasteiger partial charge in [0.25, 0.3) is 5.71 Å². The van der Waals surface area contributed by atoms with Gasteiger partial charge < -0.3 is 14.0 Å². The van der Waals surface area contributed by atoms with E-state index in [4.69, 9.17) is 14.0 Å². The van der Waals surface area contributed by atoms with Gasteiger partial charge in [-0.15, -0.1) is 11.3 Å². The van der Waals surface area contributed by atoms with Gasteiger partial charge in [0.15, 0.2) is 5.78 Å². The molecule has 8 heteroatoms. The van der Waals surface area contributed by atoms with Crippen LogP contribution in [0.5, 0.6) is 5.75 Å². The maximum Gasteiger partial charge on any atom is 0.339 e. The first-order chi connectivity index (χ1) is 14.5. The molecule has 4 rings (SSSR count). The summed E-state index contributed by atoms with van der Waals surface area (Å²) in [6, 6.07) is 10.5. The quantitative estimate of drug-likeness (QED) is 0.325. The number of ketones is 1. The highest BCUT2D eigenvalue weighted by molar-refractivity contribution is 7.13. The van der Waals surface area contributed by atoms with Gasteiger partial charge in [0.05, 0.1) is 34.3 Å². The number of thiophene rings is 1. The summed E-state index contributed by atoms with van der Waals surface area (Å²) in [5.41, 5.74) is 2.88. The molecule has 30 heavy (non-hydrogen) atoms. The summed E-state index contributed by atoms with van der Waals surface area (Å²) in [7, 11) is 1.52. The molecule has 0 fully saturated rings. The molecule has 0 saturated carbocycles. The van der Waals surface area contributed by atoms with E-state index < -0.39 is 5.97 Å². The molecule has 0 aliphatic carbocycles. The van der Waals surface area contributed by atoms with E-state index in [-0.39, 0.29) is 18.1 Å². The maximum atomic E-state index is 13.0. The zero-order valence-corrected chi connectivity index (χ0v) is 17.4. The van der Waals surface area contributed by atoms with Crippen molar-refractivity contribution in [2.75, 3.05) is 7.11 Å². The van der Waals surface area contributed by atoms with Gasteiger partial charge in [0, 0.05) is 11.1 Å². The third kappa shape index (κ3) is 3.69. The molecule has 7 nitrogen and oxygen atoms in total. The van der Waals surface area contributed by atoms with Crippen LogP contribution in [0.25, 0.3) is 21.7 Å². The lowest BCUT2D eigenvalue weighted by Gasteiger charge is -2.11. The molecule has 0 N–H and O–H groups in total. The number of esters is 1. The van der Waals surface area contributed by atoms with Gasteiger partial charge in [-0.3, -0.25) is 4.79 Å². The fourth-order valence-corrected chi connectivity index (χ4v) is 3.82. The first-order valence-electron chi connectivity index (χ1n) is 9.14. The Labute approximate surface area is 176 Å². The van der Waals surface area contributed by atoms with E-state index >= 15 is 0 Å². The van der Waals surface area contributed by atoms with Crippen LogP contribution in [-0.2, 0) is 11.3 Å².